The van der Waals surface area contributed by atoms with Gasteiger partial charge in [-0.3, -0.25) is 0 Å². The van der Waals surface area contributed by atoms with E-state index in [1.165, 1.54) is 0 Å². The highest BCUT2D eigenvalue weighted by molar-refractivity contribution is 6.28. The molecule has 0 aliphatic heterocycles. The van der Waals surface area contributed by atoms with Crippen molar-refractivity contribution in [2.75, 3.05) is 5.88 Å². The first-order chi connectivity index (χ1) is 10.2. The summed E-state index contributed by atoms with van der Waals surface area (Å²) >= 11 is 5.23. The topological polar surface area (TPSA) is 38.4 Å². The first kappa shape index (κ1) is 16.3. The van der Waals surface area contributed by atoms with E-state index in [-0.39, 0.29) is 0 Å². The van der Waals surface area contributed by atoms with Crippen molar-refractivity contribution in [3.8, 4) is 0 Å². The number of aliphatic imine (C=N–C) groups is 1. The average Bonchev–Trinajstić information content (AvgIpc) is 2.50. The Kier molecular flexibility index (Phi) is 4.19. The minimum absolute atomic E-state index is 0.507. The molecule has 2 aromatic rings. The number of hydrogen-bond donors (Lipinski definition) is 1. The highest BCUT2D eigenvalue weighted by Crippen LogP contribution is 2.37. The van der Waals surface area contributed by atoms with E-state index in [2.05, 4.69) is 4.99 Å². The Labute approximate surface area is 123 Å². The molecule has 2 rings (SSSR count). The molecule has 2 aromatic carbocycles. The van der Waals surface area contributed by atoms with Gasteiger partial charge in [0.15, 0.2) is 40.7 Å². The molecular formula is C12H4ClF7N2. The number of hydrogen-bond acceptors (Lipinski definition) is 1. The van der Waals surface area contributed by atoms with Crippen LogP contribution in [-0.2, 0) is 0 Å². The summed E-state index contributed by atoms with van der Waals surface area (Å²) in [5.74, 6) is -16.5. The SMILES string of the molecule is NC(CCl)=Nc1c(F)c(F)c2c(F)c(F)c(F)c(F)c2c1F. The van der Waals surface area contributed by atoms with E-state index in [1.807, 2.05) is 0 Å². The van der Waals surface area contributed by atoms with Gasteiger partial charge >= 0.3 is 0 Å². The molecule has 10 heteroatoms. The molecule has 0 atom stereocenters. The largest absolute Gasteiger partial charge is 0.386 e. The van der Waals surface area contributed by atoms with Crippen molar-refractivity contribution in [2.24, 2.45) is 10.7 Å². The molecule has 0 bridgehead atoms. The Morgan fingerprint density at radius 1 is 0.727 bits per heavy atom. The van der Waals surface area contributed by atoms with Crippen LogP contribution < -0.4 is 5.73 Å². The van der Waals surface area contributed by atoms with Crippen molar-refractivity contribution >= 4 is 33.9 Å². The van der Waals surface area contributed by atoms with Crippen LogP contribution in [0, 0.1) is 40.7 Å². The van der Waals surface area contributed by atoms with E-state index in [4.69, 9.17) is 17.3 Å². The second kappa shape index (κ2) is 5.64. The summed E-state index contributed by atoms with van der Waals surface area (Å²) in [7, 11) is 0. The number of benzene rings is 2. The first-order valence-electron chi connectivity index (χ1n) is 5.43. The Balaban J connectivity index is 3.08. The molecular weight excluding hydrogens is 341 g/mol. The Hall–Kier alpha value is -2.03. The van der Waals surface area contributed by atoms with Crippen LogP contribution in [0.3, 0.4) is 0 Å². The van der Waals surface area contributed by atoms with E-state index in [0.29, 0.717) is 0 Å². The number of nitrogens with zero attached hydrogens (tertiary/aromatic N) is 1. The Morgan fingerprint density at radius 2 is 1.14 bits per heavy atom. The molecule has 0 fully saturated rings. The zero-order chi connectivity index (χ0) is 16.8. The quantitative estimate of drug-likeness (QED) is 0.219. The first-order valence-corrected chi connectivity index (χ1v) is 5.96. The number of rotatable bonds is 2. The number of amidine groups is 1. The smallest absolute Gasteiger partial charge is 0.198 e. The lowest BCUT2D eigenvalue weighted by Crippen LogP contribution is -2.13. The normalized spacial score (nSPS) is 12.3. The molecule has 0 amide bonds. The van der Waals surface area contributed by atoms with Gasteiger partial charge in [0.2, 0.25) is 0 Å². The third kappa shape index (κ3) is 2.25. The van der Waals surface area contributed by atoms with Crippen molar-refractivity contribution in [1.82, 2.24) is 0 Å². The van der Waals surface area contributed by atoms with Crippen molar-refractivity contribution in [2.45, 2.75) is 0 Å². The summed E-state index contributed by atoms with van der Waals surface area (Å²) in [5.41, 5.74) is 3.68. The number of nitrogens with two attached hydrogens (primary N) is 1. The standard InChI is InChI=1S/C12H4ClF7N2/c13-1-2(21)22-12-8(17)4-3(7(16)11(12)20)5(14)9(18)10(19)6(4)15/h1H2,(H2,21,22). The highest BCUT2D eigenvalue weighted by Gasteiger charge is 2.30. The summed E-state index contributed by atoms with van der Waals surface area (Å²) in [5, 5.41) is -3.34. The highest BCUT2D eigenvalue weighted by atomic mass is 35.5. The van der Waals surface area contributed by atoms with Gasteiger partial charge in [-0.15, -0.1) is 11.6 Å². The predicted molar refractivity (Wildman–Crippen MR) is 65.7 cm³/mol. The van der Waals surface area contributed by atoms with Crippen LogP contribution in [0.1, 0.15) is 0 Å². The van der Waals surface area contributed by atoms with Gasteiger partial charge in [0, 0.05) is 0 Å². The molecule has 0 saturated heterocycles. The summed E-state index contributed by atoms with van der Waals surface area (Å²) in [6, 6.07) is 0. The van der Waals surface area contributed by atoms with Crippen molar-refractivity contribution in [1.29, 1.82) is 0 Å². The fourth-order valence-electron chi connectivity index (χ4n) is 1.74. The average molecular weight is 345 g/mol. The van der Waals surface area contributed by atoms with Crippen LogP contribution >= 0.6 is 11.6 Å². The van der Waals surface area contributed by atoms with Gasteiger partial charge in [0.25, 0.3) is 0 Å². The monoisotopic (exact) mass is 344 g/mol. The summed E-state index contributed by atoms with van der Waals surface area (Å²) in [6.45, 7) is 0. The number of alkyl halides is 1. The minimum Gasteiger partial charge on any atom is -0.386 e. The van der Waals surface area contributed by atoms with Gasteiger partial charge < -0.3 is 5.73 Å². The molecule has 0 saturated carbocycles. The van der Waals surface area contributed by atoms with Crippen LogP contribution in [0.25, 0.3) is 10.8 Å². The van der Waals surface area contributed by atoms with E-state index in [1.54, 1.807) is 0 Å². The lowest BCUT2D eigenvalue weighted by Gasteiger charge is -2.10. The molecule has 0 radical (unpaired) electrons. The maximum absolute atomic E-state index is 14.1. The molecule has 0 spiro atoms. The summed E-state index contributed by atoms with van der Waals surface area (Å²) in [6.07, 6.45) is 0. The van der Waals surface area contributed by atoms with Crippen LogP contribution in [0.15, 0.2) is 4.99 Å². The summed E-state index contributed by atoms with van der Waals surface area (Å²) < 4.78 is 94.8. The van der Waals surface area contributed by atoms with Crippen molar-refractivity contribution < 1.29 is 30.7 Å². The zero-order valence-corrected chi connectivity index (χ0v) is 11.0. The molecule has 118 valence electrons. The van der Waals surface area contributed by atoms with Crippen LogP contribution in [-0.4, -0.2) is 11.7 Å². The zero-order valence-electron chi connectivity index (χ0n) is 10.3. The maximum atomic E-state index is 14.1. The molecule has 0 heterocycles. The lowest BCUT2D eigenvalue weighted by molar-refractivity contribution is 0.412. The van der Waals surface area contributed by atoms with Gasteiger partial charge in [-0.1, -0.05) is 0 Å². The van der Waals surface area contributed by atoms with E-state index >= 15 is 0 Å². The van der Waals surface area contributed by atoms with Crippen LogP contribution in [0.4, 0.5) is 36.4 Å². The van der Waals surface area contributed by atoms with E-state index in [0.717, 1.165) is 0 Å². The third-order valence-electron chi connectivity index (χ3n) is 2.71. The van der Waals surface area contributed by atoms with Gasteiger partial charge in [-0.05, 0) is 0 Å². The predicted octanol–water partition coefficient (Wildman–Crippen LogP) is 4.04. The second-order valence-electron chi connectivity index (χ2n) is 4.03. The molecule has 2 nitrogen and oxygen atoms in total. The lowest BCUT2D eigenvalue weighted by atomic mass is 10.1. The fraction of sp³-hybridized carbons (Fsp3) is 0.0833. The van der Waals surface area contributed by atoms with Crippen LogP contribution in [0.5, 0.6) is 0 Å². The molecule has 0 aromatic heterocycles. The van der Waals surface area contributed by atoms with Gasteiger partial charge in [0.05, 0.1) is 16.7 Å². The third-order valence-corrected chi connectivity index (χ3v) is 2.98. The number of halogens is 8. The van der Waals surface area contributed by atoms with Gasteiger partial charge in [-0.2, -0.15) is 0 Å². The Bertz CT molecular complexity index is 820. The maximum Gasteiger partial charge on any atom is 0.198 e. The van der Waals surface area contributed by atoms with Crippen LogP contribution in [0.2, 0.25) is 0 Å². The molecule has 2 N–H and O–H groups in total. The number of fused-ring (bicyclic) bond motifs is 1. The molecule has 0 aliphatic rings. The molecule has 0 unspecified atom stereocenters. The van der Waals surface area contributed by atoms with Gasteiger partial charge in [0.1, 0.15) is 11.5 Å². The molecule has 22 heavy (non-hydrogen) atoms. The van der Waals surface area contributed by atoms with Crippen molar-refractivity contribution in [3.63, 3.8) is 0 Å². The van der Waals surface area contributed by atoms with Crippen molar-refractivity contribution in [3.05, 3.63) is 40.7 Å². The Morgan fingerprint density at radius 3 is 1.59 bits per heavy atom. The van der Waals surface area contributed by atoms with E-state index in [9.17, 15) is 30.7 Å². The second-order valence-corrected chi connectivity index (χ2v) is 4.30. The fourth-order valence-corrected chi connectivity index (χ4v) is 1.80. The van der Waals surface area contributed by atoms with Gasteiger partial charge in [-0.25, -0.2) is 35.7 Å². The van der Waals surface area contributed by atoms with E-state index < -0.39 is 68.9 Å². The minimum atomic E-state index is -2.40. The summed E-state index contributed by atoms with van der Waals surface area (Å²) in [4.78, 5) is 3.08. The molecule has 0 aliphatic carbocycles.